The van der Waals surface area contributed by atoms with Crippen molar-refractivity contribution < 1.29 is 18.3 Å². The highest BCUT2D eigenvalue weighted by Crippen LogP contribution is 2.23. The van der Waals surface area contributed by atoms with Crippen molar-refractivity contribution in [2.45, 2.75) is 13.0 Å². The van der Waals surface area contributed by atoms with Crippen LogP contribution in [0.15, 0.2) is 22.6 Å². The highest BCUT2D eigenvalue weighted by Gasteiger charge is 2.10. The van der Waals surface area contributed by atoms with Gasteiger partial charge in [-0.15, -0.1) is 0 Å². The average Bonchev–Trinajstić information content (AvgIpc) is 2.58. The van der Waals surface area contributed by atoms with Crippen LogP contribution >= 0.6 is 0 Å². The average molecular weight is 199 g/mol. The molecule has 0 aliphatic carbocycles. The van der Waals surface area contributed by atoms with Crippen molar-refractivity contribution in [2.24, 2.45) is 0 Å². The minimum atomic E-state index is -2.52. The van der Waals surface area contributed by atoms with E-state index in [-0.39, 0.29) is 18.1 Å². The molecular formula is C9H7F2NO2. The second kappa shape index (κ2) is 3.34. The SMILES string of the molecule is OCc1nc2cc(C(F)F)ccc2o1. The van der Waals surface area contributed by atoms with Crippen LogP contribution in [0.4, 0.5) is 8.78 Å². The van der Waals surface area contributed by atoms with E-state index in [1.165, 1.54) is 18.2 Å². The quantitative estimate of drug-likeness (QED) is 0.806. The Hall–Kier alpha value is -1.49. The molecule has 2 aromatic rings. The first-order chi connectivity index (χ1) is 6.70. The molecule has 0 amide bonds. The molecular weight excluding hydrogens is 192 g/mol. The van der Waals surface area contributed by atoms with Gasteiger partial charge in [0.1, 0.15) is 12.1 Å². The topological polar surface area (TPSA) is 46.3 Å². The first-order valence-corrected chi connectivity index (χ1v) is 3.99. The highest BCUT2D eigenvalue weighted by molar-refractivity contribution is 5.73. The Morgan fingerprint density at radius 1 is 1.43 bits per heavy atom. The predicted molar refractivity (Wildman–Crippen MR) is 44.9 cm³/mol. The fourth-order valence-electron chi connectivity index (χ4n) is 1.20. The molecule has 0 bridgehead atoms. The minimum absolute atomic E-state index is 0.102. The van der Waals surface area contributed by atoms with Crippen LogP contribution in [0.25, 0.3) is 11.1 Å². The van der Waals surface area contributed by atoms with Gasteiger partial charge in [0, 0.05) is 5.56 Å². The summed E-state index contributed by atoms with van der Waals surface area (Å²) in [6.07, 6.45) is -2.52. The molecule has 2 rings (SSSR count). The summed E-state index contributed by atoms with van der Waals surface area (Å²) in [5, 5.41) is 8.71. The van der Waals surface area contributed by atoms with E-state index in [1.54, 1.807) is 0 Å². The van der Waals surface area contributed by atoms with Crippen molar-refractivity contribution >= 4 is 11.1 Å². The molecule has 0 saturated carbocycles. The zero-order valence-corrected chi connectivity index (χ0v) is 7.08. The second-order valence-corrected chi connectivity index (χ2v) is 2.79. The van der Waals surface area contributed by atoms with Gasteiger partial charge in [0.05, 0.1) is 0 Å². The molecule has 0 atom stereocenters. The fraction of sp³-hybridized carbons (Fsp3) is 0.222. The lowest BCUT2D eigenvalue weighted by molar-refractivity contribution is 0.151. The molecule has 14 heavy (non-hydrogen) atoms. The standard InChI is InChI=1S/C9H7F2NO2/c10-9(11)5-1-2-7-6(3-5)12-8(4-13)14-7/h1-3,9,13H,4H2. The summed E-state index contributed by atoms with van der Waals surface area (Å²) in [6.45, 7) is -0.335. The molecule has 0 radical (unpaired) electrons. The zero-order chi connectivity index (χ0) is 10.1. The first-order valence-electron chi connectivity index (χ1n) is 3.99. The van der Waals surface area contributed by atoms with Gasteiger partial charge in [-0.25, -0.2) is 13.8 Å². The third kappa shape index (κ3) is 1.46. The molecule has 0 fully saturated rings. The van der Waals surface area contributed by atoms with Gasteiger partial charge in [-0.05, 0) is 18.2 Å². The van der Waals surface area contributed by atoms with Gasteiger partial charge in [-0.2, -0.15) is 0 Å². The van der Waals surface area contributed by atoms with E-state index < -0.39 is 6.43 Å². The predicted octanol–water partition coefficient (Wildman–Crippen LogP) is 2.26. The summed E-state index contributed by atoms with van der Waals surface area (Å²) >= 11 is 0. The normalized spacial score (nSPS) is 11.4. The van der Waals surface area contributed by atoms with Gasteiger partial charge < -0.3 is 9.52 Å². The van der Waals surface area contributed by atoms with Crippen LogP contribution in [0.3, 0.4) is 0 Å². The van der Waals surface area contributed by atoms with Crippen LogP contribution in [-0.4, -0.2) is 10.1 Å². The smallest absolute Gasteiger partial charge is 0.263 e. The summed E-state index contributed by atoms with van der Waals surface area (Å²) in [5.74, 6) is 0.131. The third-order valence-corrected chi connectivity index (χ3v) is 1.84. The lowest BCUT2D eigenvalue weighted by Crippen LogP contribution is -1.83. The molecule has 0 aliphatic heterocycles. The molecule has 0 unspecified atom stereocenters. The van der Waals surface area contributed by atoms with Crippen LogP contribution in [0.2, 0.25) is 0 Å². The number of hydrogen-bond donors (Lipinski definition) is 1. The van der Waals surface area contributed by atoms with Crippen molar-refractivity contribution in [2.75, 3.05) is 0 Å². The second-order valence-electron chi connectivity index (χ2n) is 2.79. The summed E-state index contributed by atoms with van der Waals surface area (Å²) < 4.78 is 29.6. The molecule has 1 aromatic carbocycles. The molecule has 3 nitrogen and oxygen atoms in total. The third-order valence-electron chi connectivity index (χ3n) is 1.84. The zero-order valence-electron chi connectivity index (χ0n) is 7.08. The van der Waals surface area contributed by atoms with Crippen molar-refractivity contribution in [3.8, 4) is 0 Å². The van der Waals surface area contributed by atoms with E-state index in [4.69, 9.17) is 9.52 Å². The monoisotopic (exact) mass is 199 g/mol. The summed E-state index contributed by atoms with van der Waals surface area (Å²) in [6, 6.07) is 3.95. The summed E-state index contributed by atoms with van der Waals surface area (Å²) in [5.41, 5.74) is 0.639. The first kappa shape index (κ1) is 9.08. The van der Waals surface area contributed by atoms with E-state index >= 15 is 0 Å². The number of oxazole rings is 1. The lowest BCUT2D eigenvalue weighted by Gasteiger charge is -1.96. The van der Waals surface area contributed by atoms with Crippen LogP contribution in [-0.2, 0) is 6.61 Å². The number of nitrogens with zero attached hydrogens (tertiary/aromatic N) is 1. The lowest BCUT2D eigenvalue weighted by atomic mass is 10.2. The van der Waals surface area contributed by atoms with Gasteiger partial charge in [0.25, 0.3) is 6.43 Å². The highest BCUT2D eigenvalue weighted by atomic mass is 19.3. The molecule has 0 aliphatic rings. The van der Waals surface area contributed by atoms with E-state index in [2.05, 4.69) is 4.98 Å². The number of aromatic nitrogens is 1. The molecule has 1 heterocycles. The molecule has 74 valence electrons. The Balaban J connectivity index is 2.54. The Morgan fingerprint density at radius 2 is 2.21 bits per heavy atom. The number of halogens is 2. The Kier molecular flexibility index (Phi) is 2.17. The molecule has 1 aromatic heterocycles. The van der Waals surface area contributed by atoms with Crippen LogP contribution < -0.4 is 0 Å². The maximum Gasteiger partial charge on any atom is 0.263 e. The number of alkyl halides is 2. The van der Waals surface area contributed by atoms with Crippen LogP contribution in [0.5, 0.6) is 0 Å². The Labute approximate surface area is 78.0 Å². The number of benzene rings is 1. The van der Waals surface area contributed by atoms with Gasteiger partial charge in [0.2, 0.25) is 5.89 Å². The van der Waals surface area contributed by atoms with Crippen molar-refractivity contribution in [3.63, 3.8) is 0 Å². The van der Waals surface area contributed by atoms with E-state index in [0.717, 1.165) is 0 Å². The number of aliphatic hydroxyl groups excluding tert-OH is 1. The molecule has 0 spiro atoms. The van der Waals surface area contributed by atoms with E-state index in [9.17, 15) is 8.78 Å². The molecule has 0 saturated heterocycles. The maximum atomic E-state index is 12.3. The van der Waals surface area contributed by atoms with Crippen molar-refractivity contribution in [1.29, 1.82) is 0 Å². The number of hydrogen-bond acceptors (Lipinski definition) is 3. The van der Waals surface area contributed by atoms with E-state index in [0.29, 0.717) is 11.1 Å². The van der Waals surface area contributed by atoms with Gasteiger partial charge in [0.15, 0.2) is 5.58 Å². The molecule has 1 N–H and O–H groups in total. The van der Waals surface area contributed by atoms with Gasteiger partial charge in [-0.3, -0.25) is 0 Å². The minimum Gasteiger partial charge on any atom is -0.438 e. The summed E-state index contributed by atoms with van der Waals surface area (Å²) in [4.78, 5) is 3.82. The fourth-order valence-corrected chi connectivity index (χ4v) is 1.20. The number of fused-ring (bicyclic) bond motifs is 1. The van der Waals surface area contributed by atoms with Crippen molar-refractivity contribution in [3.05, 3.63) is 29.7 Å². The van der Waals surface area contributed by atoms with Crippen molar-refractivity contribution in [1.82, 2.24) is 4.98 Å². The Morgan fingerprint density at radius 3 is 2.86 bits per heavy atom. The van der Waals surface area contributed by atoms with Gasteiger partial charge >= 0.3 is 0 Å². The largest absolute Gasteiger partial charge is 0.438 e. The maximum absolute atomic E-state index is 12.3. The van der Waals surface area contributed by atoms with E-state index in [1.807, 2.05) is 0 Å². The van der Waals surface area contributed by atoms with Crippen LogP contribution in [0.1, 0.15) is 17.9 Å². The number of rotatable bonds is 2. The summed E-state index contributed by atoms with van der Waals surface area (Å²) in [7, 11) is 0. The van der Waals surface area contributed by atoms with Crippen LogP contribution in [0, 0.1) is 0 Å². The Bertz CT molecular complexity index is 453. The molecule has 5 heteroatoms. The van der Waals surface area contributed by atoms with Gasteiger partial charge in [-0.1, -0.05) is 0 Å². The number of aliphatic hydroxyl groups is 1.